The first kappa shape index (κ1) is 19.6. The van der Waals surface area contributed by atoms with E-state index in [9.17, 15) is 19.3 Å². The number of nitro benzene ring substituents is 1. The van der Waals surface area contributed by atoms with Crippen molar-refractivity contribution >= 4 is 38.3 Å². The predicted octanol–water partition coefficient (Wildman–Crippen LogP) is 3.40. The van der Waals surface area contributed by atoms with Crippen LogP contribution in [0.3, 0.4) is 0 Å². The molecule has 2 aromatic carbocycles. The van der Waals surface area contributed by atoms with Crippen LogP contribution in [-0.2, 0) is 9.53 Å². The second-order valence-electron chi connectivity index (χ2n) is 5.66. The summed E-state index contributed by atoms with van der Waals surface area (Å²) in [5, 5.41) is 11.2. The summed E-state index contributed by atoms with van der Waals surface area (Å²) in [5.41, 5.74) is 0.117. The summed E-state index contributed by atoms with van der Waals surface area (Å²) in [6.45, 7) is 0.192. The standard InChI is InChI=1S/C18H16FN3O5S/c1-26-9-8-21(18-20-14-4-2-3-5-16(14)28-18)17(23)11-27-12-6-7-15(22(24)25)13(19)10-12/h2-7,10H,8-9,11H2,1H3. The van der Waals surface area contributed by atoms with E-state index in [-0.39, 0.29) is 18.9 Å². The molecule has 8 nitrogen and oxygen atoms in total. The number of amides is 1. The molecular weight excluding hydrogens is 389 g/mol. The molecule has 0 fully saturated rings. The molecule has 0 aliphatic rings. The number of carbonyl (C=O) groups is 1. The monoisotopic (exact) mass is 405 g/mol. The summed E-state index contributed by atoms with van der Waals surface area (Å²) in [7, 11) is 1.52. The molecule has 1 aromatic heterocycles. The van der Waals surface area contributed by atoms with Gasteiger partial charge in [-0.05, 0) is 18.2 Å². The molecule has 1 amide bonds. The highest BCUT2D eigenvalue weighted by Gasteiger charge is 2.21. The Morgan fingerprint density at radius 2 is 2.11 bits per heavy atom. The number of carbonyl (C=O) groups excluding carboxylic acids is 1. The highest BCUT2D eigenvalue weighted by atomic mass is 32.1. The van der Waals surface area contributed by atoms with E-state index in [0.717, 1.165) is 22.3 Å². The van der Waals surface area contributed by atoms with Crippen LogP contribution in [0.5, 0.6) is 5.75 Å². The summed E-state index contributed by atoms with van der Waals surface area (Å²) in [5.74, 6) is -1.40. The van der Waals surface area contributed by atoms with Crippen LogP contribution in [0.1, 0.15) is 0 Å². The summed E-state index contributed by atoms with van der Waals surface area (Å²) in [6.07, 6.45) is 0. The van der Waals surface area contributed by atoms with E-state index >= 15 is 0 Å². The van der Waals surface area contributed by atoms with Gasteiger partial charge in [0.2, 0.25) is 5.82 Å². The fourth-order valence-electron chi connectivity index (χ4n) is 2.43. The maximum atomic E-state index is 13.7. The number of thiazole rings is 1. The molecular formula is C18H16FN3O5S. The third kappa shape index (κ3) is 4.41. The number of methoxy groups -OCH3 is 1. The maximum absolute atomic E-state index is 13.7. The number of nitrogens with zero attached hydrogens (tertiary/aromatic N) is 3. The molecule has 0 saturated heterocycles. The van der Waals surface area contributed by atoms with Gasteiger partial charge in [0.1, 0.15) is 5.75 Å². The Bertz CT molecular complexity index is 977. The number of benzene rings is 2. The number of rotatable bonds is 8. The third-order valence-corrected chi connectivity index (χ3v) is 4.87. The van der Waals surface area contributed by atoms with Gasteiger partial charge in [0.05, 0.1) is 28.3 Å². The van der Waals surface area contributed by atoms with E-state index < -0.39 is 22.3 Å². The van der Waals surface area contributed by atoms with Gasteiger partial charge < -0.3 is 9.47 Å². The largest absolute Gasteiger partial charge is 0.484 e. The zero-order valence-corrected chi connectivity index (χ0v) is 15.6. The van der Waals surface area contributed by atoms with Crippen molar-refractivity contribution in [3.05, 3.63) is 58.4 Å². The minimum atomic E-state index is -1.03. The van der Waals surface area contributed by atoms with E-state index in [0.29, 0.717) is 11.7 Å². The highest BCUT2D eigenvalue weighted by Crippen LogP contribution is 2.29. The Hall–Kier alpha value is -3.11. The van der Waals surface area contributed by atoms with Gasteiger partial charge in [-0.25, -0.2) is 4.98 Å². The van der Waals surface area contributed by atoms with Crippen molar-refractivity contribution in [2.75, 3.05) is 31.8 Å². The van der Waals surface area contributed by atoms with Gasteiger partial charge in [-0.3, -0.25) is 19.8 Å². The molecule has 1 heterocycles. The molecule has 0 spiro atoms. The van der Waals surface area contributed by atoms with Gasteiger partial charge in [0.15, 0.2) is 11.7 Å². The van der Waals surface area contributed by atoms with Crippen molar-refractivity contribution in [1.82, 2.24) is 4.98 Å². The highest BCUT2D eigenvalue weighted by molar-refractivity contribution is 7.22. The summed E-state index contributed by atoms with van der Waals surface area (Å²) in [6, 6.07) is 10.6. The summed E-state index contributed by atoms with van der Waals surface area (Å²) < 4.78 is 25.0. The van der Waals surface area contributed by atoms with Crippen molar-refractivity contribution in [2.24, 2.45) is 0 Å². The van der Waals surface area contributed by atoms with Crippen molar-refractivity contribution < 1.29 is 23.6 Å². The first-order chi connectivity index (χ1) is 13.5. The van der Waals surface area contributed by atoms with E-state index in [1.54, 1.807) is 0 Å². The molecule has 0 aliphatic heterocycles. The normalized spacial score (nSPS) is 10.8. The van der Waals surface area contributed by atoms with Crippen LogP contribution in [0.25, 0.3) is 10.2 Å². The summed E-state index contributed by atoms with van der Waals surface area (Å²) >= 11 is 1.36. The first-order valence-corrected chi connectivity index (χ1v) is 9.03. The number of fused-ring (bicyclic) bond motifs is 1. The van der Waals surface area contributed by atoms with E-state index in [1.165, 1.54) is 29.4 Å². The fraction of sp³-hybridized carbons (Fsp3) is 0.222. The second kappa shape index (κ2) is 8.72. The Balaban J connectivity index is 1.74. The lowest BCUT2D eigenvalue weighted by Gasteiger charge is -2.19. The van der Waals surface area contributed by atoms with Crippen LogP contribution < -0.4 is 9.64 Å². The molecule has 0 atom stereocenters. The van der Waals surface area contributed by atoms with Gasteiger partial charge in [-0.2, -0.15) is 4.39 Å². The summed E-state index contributed by atoms with van der Waals surface area (Å²) in [4.78, 5) is 28.4. The molecule has 0 N–H and O–H groups in total. The topological polar surface area (TPSA) is 94.8 Å². The van der Waals surface area contributed by atoms with Gasteiger partial charge in [-0.1, -0.05) is 23.5 Å². The zero-order chi connectivity index (χ0) is 20.1. The van der Waals surface area contributed by atoms with Crippen molar-refractivity contribution in [3.8, 4) is 5.75 Å². The number of anilines is 1. The average Bonchev–Trinajstić information content (AvgIpc) is 3.10. The van der Waals surface area contributed by atoms with Crippen LogP contribution >= 0.6 is 11.3 Å². The van der Waals surface area contributed by atoms with Gasteiger partial charge >= 0.3 is 5.69 Å². The molecule has 0 aliphatic carbocycles. The molecule has 28 heavy (non-hydrogen) atoms. The average molecular weight is 405 g/mol. The Morgan fingerprint density at radius 1 is 1.32 bits per heavy atom. The smallest absolute Gasteiger partial charge is 0.305 e. The maximum Gasteiger partial charge on any atom is 0.305 e. The molecule has 0 unspecified atom stereocenters. The quantitative estimate of drug-likeness (QED) is 0.421. The minimum Gasteiger partial charge on any atom is -0.484 e. The third-order valence-electron chi connectivity index (χ3n) is 3.81. The molecule has 3 aromatic rings. The number of nitro groups is 1. The SMILES string of the molecule is COCCN(C(=O)COc1ccc([N+](=O)[O-])c(F)c1)c1nc2ccccc2s1. The number of halogens is 1. The zero-order valence-electron chi connectivity index (χ0n) is 14.8. The van der Waals surface area contributed by atoms with Crippen molar-refractivity contribution in [3.63, 3.8) is 0 Å². The van der Waals surface area contributed by atoms with Crippen LogP contribution in [0.4, 0.5) is 15.2 Å². The van der Waals surface area contributed by atoms with Crippen LogP contribution in [0.2, 0.25) is 0 Å². The van der Waals surface area contributed by atoms with E-state index in [4.69, 9.17) is 9.47 Å². The lowest BCUT2D eigenvalue weighted by atomic mass is 10.3. The van der Waals surface area contributed by atoms with Crippen LogP contribution in [-0.4, -0.2) is 42.7 Å². The van der Waals surface area contributed by atoms with Crippen LogP contribution in [0.15, 0.2) is 42.5 Å². The van der Waals surface area contributed by atoms with Gasteiger partial charge in [0.25, 0.3) is 5.91 Å². The Morgan fingerprint density at radius 3 is 2.79 bits per heavy atom. The Kier molecular flexibility index (Phi) is 6.12. The number of para-hydroxylation sites is 1. The predicted molar refractivity (Wildman–Crippen MR) is 102 cm³/mol. The number of ether oxygens (including phenoxy) is 2. The van der Waals surface area contributed by atoms with E-state index in [1.807, 2.05) is 24.3 Å². The molecule has 3 rings (SSSR count). The van der Waals surface area contributed by atoms with Gasteiger partial charge in [0, 0.05) is 19.2 Å². The second-order valence-corrected chi connectivity index (χ2v) is 6.67. The van der Waals surface area contributed by atoms with Gasteiger partial charge in [-0.15, -0.1) is 0 Å². The molecule has 0 radical (unpaired) electrons. The lowest BCUT2D eigenvalue weighted by Crippen LogP contribution is -2.37. The molecule has 10 heteroatoms. The fourth-order valence-corrected chi connectivity index (χ4v) is 3.44. The lowest BCUT2D eigenvalue weighted by molar-refractivity contribution is -0.387. The van der Waals surface area contributed by atoms with Crippen molar-refractivity contribution in [1.29, 1.82) is 0 Å². The van der Waals surface area contributed by atoms with E-state index in [2.05, 4.69) is 4.98 Å². The minimum absolute atomic E-state index is 0.0208. The molecule has 0 saturated carbocycles. The van der Waals surface area contributed by atoms with Crippen molar-refractivity contribution in [2.45, 2.75) is 0 Å². The van der Waals surface area contributed by atoms with Crippen LogP contribution in [0, 0.1) is 15.9 Å². The molecule has 0 bridgehead atoms. The Labute approximate surface area is 163 Å². The number of hydrogen-bond acceptors (Lipinski definition) is 7. The number of hydrogen-bond donors (Lipinski definition) is 0. The first-order valence-electron chi connectivity index (χ1n) is 8.21. The molecule has 146 valence electrons. The number of aromatic nitrogens is 1.